The molecule has 0 fully saturated rings. The van der Waals surface area contributed by atoms with E-state index in [-0.39, 0.29) is 16.5 Å². The number of ether oxygens (including phenoxy) is 1. The average Bonchev–Trinajstić information content (AvgIpc) is 3.05. The van der Waals surface area contributed by atoms with Crippen LogP contribution in [0.25, 0.3) is 11.5 Å². The van der Waals surface area contributed by atoms with Crippen molar-refractivity contribution in [1.29, 1.82) is 0 Å². The van der Waals surface area contributed by atoms with Crippen LogP contribution in [0.3, 0.4) is 0 Å². The first-order valence-corrected chi connectivity index (χ1v) is 7.88. The fourth-order valence-electron chi connectivity index (χ4n) is 2.14. The van der Waals surface area contributed by atoms with Gasteiger partial charge in [-0.2, -0.15) is 0 Å². The lowest BCUT2D eigenvalue weighted by Gasteiger charge is -2.10. The van der Waals surface area contributed by atoms with Crippen molar-refractivity contribution in [2.24, 2.45) is 0 Å². The Morgan fingerprint density at radius 2 is 1.92 bits per heavy atom. The minimum atomic E-state index is -0.777. The summed E-state index contributed by atoms with van der Waals surface area (Å²) >= 11 is 5.86. The number of halogens is 2. The highest BCUT2D eigenvalue weighted by Gasteiger charge is 2.21. The normalized spacial score (nSPS) is 12.0. The van der Waals surface area contributed by atoms with Crippen LogP contribution < -0.4 is 0 Å². The SMILES string of the molecule is Cc1ccc(-c2nnc([C@H](C)OC(=O)c3ccc(F)cc3Cl)o2)cc1. The zero-order valence-electron chi connectivity index (χ0n) is 13.5. The van der Waals surface area contributed by atoms with Crippen molar-refractivity contribution < 1.29 is 18.3 Å². The van der Waals surface area contributed by atoms with Gasteiger partial charge in [0.1, 0.15) is 5.82 Å². The van der Waals surface area contributed by atoms with E-state index < -0.39 is 17.9 Å². The summed E-state index contributed by atoms with van der Waals surface area (Å²) in [5.41, 5.74) is 1.94. The van der Waals surface area contributed by atoms with E-state index in [1.165, 1.54) is 6.07 Å². The second-order valence-corrected chi connectivity index (χ2v) is 5.89. The van der Waals surface area contributed by atoms with Crippen molar-refractivity contribution in [2.75, 3.05) is 0 Å². The van der Waals surface area contributed by atoms with Gasteiger partial charge in [0.15, 0.2) is 6.10 Å². The van der Waals surface area contributed by atoms with Crippen LogP contribution in [0.5, 0.6) is 0 Å². The molecule has 0 saturated carbocycles. The van der Waals surface area contributed by atoms with Crippen LogP contribution >= 0.6 is 11.6 Å². The number of aryl methyl sites for hydroxylation is 1. The molecular weight excluding hydrogens is 347 g/mol. The Labute approximate surface area is 148 Å². The molecule has 128 valence electrons. The van der Waals surface area contributed by atoms with Crippen molar-refractivity contribution in [3.63, 3.8) is 0 Å². The van der Waals surface area contributed by atoms with Crippen LogP contribution in [-0.2, 0) is 4.74 Å². The van der Waals surface area contributed by atoms with Crippen molar-refractivity contribution in [3.05, 3.63) is 70.3 Å². The third-order valence-corrected chi connectivity index (χ3v) is 3.83. The smallest absolute Gasteiger partial charge is 0.340 e. The van der Waals surface area contributed by atoms with Crippen LogP contribution in [0, 0.1) is 12.7 Å². The molecule has 7 heteroatoms. The molecule has 3 aromatic rings. The standard InChI is InChI=1S/C18H14ClFN2O3/c1-10-3-5-12(6-4-10)17-22-21-16(25-17)11(2)24-18(23)14-8-7-13(20)9-15(14)19/h3-9,11H,1-2H3/t11-/m0/s1. The number of esters is 1. The zero-order chi connectivity index (χ0) is 18.0. The van der Waals surface area contributed by atoms with Gasteiger partial charge in [0.25, 0.3) is 5.89 Å². The molecule has 0 aliphatic rings. The summed E-state index contributed by atoms with van der Waals surface area (Å²) in [5, 5.41) is 7.85. The van der Waals surface area contributed by atoms with Gasteiger partial charge >= 0.3 is 5.97 Å². The van der Waals surface area contributed by atoms with Gasteiger partial charge in [-0.05, 0) is 44.2 Å². The number of carbonyl (C=O) groups is 1. The molecule has 25 heavy (non-hydrogen) atoms. The Hall–Kier alpha value is -2.73. The molecule has 0 aliphatic heterocycles. The molecule has 1 aromatic heterocycles. The van der Waals surface area contributed by atoms with Gasteiger partial charge in [-0.3, -0.25) is 0 Å². The molecule has 0 spiro atoms. The van der Waals surface area contributed by atoms with Crippen LogP contribution in [0.1, 0.15) is 34.8 Å². The fraction of sp³-hybridized carbons (Fsp3) is 0.167. The van der Waals surface area contributed by atoms with Gasteiger partial charge in [-0.1, -0.05) is 29.3 Å². The Morgan fingerprint density at radius 3 is 2.60 bits per heavy atom. The highest BCUT2D eigenvalue weighted by Crippen LogP contribution is 2.25. The molecule has 0 radical (unpaired) electrons. The first-order valence-electron chi connectivity index (χ1n) is 7.50. The molecule has 0 aliphatic carbocycles. The molecule has 0 unspecified atom stereocenters. The van der Waals surface area contributed by atoms with Crippen LogP contribution in [-0.4, -0.2) is 16.2 Å². The molecule has 3 rings (SSSR count). The van der Waals surface area contributed by atoms with Gasteiger partial charge < -0.3 is 9.15 Å². The molecule has 5 nitrogen and oxygen atoms in total. The van der Waals surface area contributed by atoms with Crippen molar-refractivity contribution in [2.45, 2.75) is 20.0 Å². The molecule has 1 heterocycles. The van der Waals surface area contributed by atoms with Crippen molar-refractivity contribution in [1.82, 2.24) is 10.2 Å². The first-order chi connectivity index (χ1) is 11.9. The monoisotopic (exact) mass is 360 g/mol. The summed E-state index contributed by atoms with van der Waals surface area (Å²) in [7, 11) is 0. The third-order valence-electron chi connectivity index (χ3n) is 3.52. The molecule has 2 aromatic carbocycles. The van der Waals surface area contributed by atoms with Crippen molar-refractivity contribution >= 4 is 17.6 Å². The summed E-state index contributed by atoms with van der Waals surface area (Å²) < 4.78 is 23.9. The minimum absolute atomic E-state index is 0.0249. The molecule has 0 N–H and O–H groups in total. The first kappa shape index (κ1) is 17.1. The Balaban J connectivity index is 1.74. The maximum Gasteiger partial charge on any atom is 0.340 e. The lowest BCUT2D eigenvalue weighted by Crippen LogP contribution is -2.10. The number of rotatable bonds is 4. The number of hydrogen-bond donors (Lipinski definition) is 0. The van der Waals surface area contributed by atoms with E-state index in [9.17, 15) is 9.18 Å². The highest BCUT2D eigenvalue weighted by atomic mass is 35.5. The quantitative estimate of drug-likeness (QED) is 0.628. The summed E-state index contributed by atoms with van der Waals surface area (Å²) in [6.45, 7) is 3.58. The molecule has 0 bridgehead atoms. The third kappa shape index (κ3) is 3.85. The number of hydrogen-bond acceptors (Lipinski definition) is 5. The molecule has 0 amide bonds. The number of aromatic nitrogens is 2. The van der Waals surface area contributed by atoms with E-state index >= 15 is 0 Å². The Kier molecular flexibility index (Phi) is 4.81. The van der Waals surface area contributed by atoms with Gasteiger partial charge in [-0.25, -0.2) is 9.18 Å². The van der Waals surface area contributed by atoms with Crippen LogP contribution in [0.15, 0.2) is 46.9 Å². The van der Waals surface area contributed by atoms with E-state index in [0.29, 0.717) is 5.89 Å². The Morgan fingerprint density at radius 1 is 1.20 bits per heavy atom. The summed E-state index contributed by atoms with van der Waals surface area (Å²) in [6, 6.07) is 11.0. The second-order valence-electron chi connectivity index (χ2n) is 5.48. The lowest BCUT2D eigenvalue weighted by atomic mass is 10.1. The fourth-order valence-corrected chi connectivity index (χ4v) is 2.39. The number of nitrogens with zero attached hydrogens (tertiary/aromatic N) is 2. The van der Waals surface area contributed by atoms with Crippen LogP contribution in [0.4, 0.5) is 4.39 Å². The predicted octanol–water partition coefficient (Wildman–Crippen LogP) is 4.76. The highest BCUT2D eigenvalue weighted by molar-refractivity contribution is 6.33. The van der Waals surface area contributed by atoms with E-state index in [4.69, 9.17) is 20.8 Å². The largest absolute Gasteiger partial charge is 0.449 e. The second kappa shape index (κ2) is 7.03. The Bertz CT molecular complexity index is 909. The molecule has 1 atom stereocenters. The minimum Gasteiger partial charge on any atom is -0.449 e. The predicted molar refractivity (Wildman–Crippen MR) is 89.7 cm³/mol. The topological polar surface area (TPSA) is 65.2 Å². The average molecular weight is 361 g/mol. The summed E-state index contributed by atoms with van der Waals surface area (Å²) in [5.74, 6) is -0.748. The molecular formula is C18H14ClFN2O3. The molecule has 0 saturated heterocycles. The van der Waals surface area contributed by atoms with Gasteiger partial charge in [-0.15, -0.1) is 10.2 Å². The van der Waals surface area contributed by atoms with E-state index in [0.717, 1.165) is 23.3 Å². The summed E-state index contributed by atoms with van der Waals surface area (Å²) in [6.07, 6.45) is -0.777. The lowest BCUT2D eigenvalue weighted by molar-refractivity contribution is 0.0280. The maximum absolute atomic E-state index is 13.1. The van der Waals surface area contributed by atoms with Gasteiger partial charge in [0.05, 0.1) is 10.6 Å². The number of benzene rings is 2. The zero-order valence-corrected chi connectivity index (χ0v) is 14.2. The van der Waals surface area contributed by atoms with E-state index in [1.807, 2.05) is 31.2 Å². The van der Waals surface area contributed by atoms with E-state index in [1.54, 1.807) is 6.92 Å². The number of carbonyl (C=O) groups excluding carboxylic acids is 1. The van der Waals surface area contributed by atoms with Gasteiger partial charge in [0, 0.05) is 5.56 Å². The summed E-state index contributed by atoms with van der Waals surface area (Å²) in [4.78, 5) is 12.2. The van der Waals surface area contributed by atoms with Crippen LogP contribution in [0.2, 0.25) is 5.02 Å². The van der Waals surface area contributed by atoms with Gasteiger partial charge in [0.2, 0.25) is 5.89 Å². The van der Waals surface area contributed by atoms with Crippen molar-refractivity contribution in [3.8, 4) is 11.5 Å². The maximum atomic E-state index is 13.1. The van der Waals surface area contributed by atoms with E-state index in [2.05, 4.69) is 10.2 Å².